The Morgan fingerprint density at radius 1 is 1.18 bits per heavy atom. The summed E-state index contributed by atoms with van der Waals surface area (Å²) in [4.78, 5) is 19.3. The van der Waals surface area contributed by atoms with E-state index in [1.807, 2.05) is 17.0 Å². The lowest BCUT2D eigenvalue weighted by atomic mass is 10.0. The predicted octanol–water partition coefficient (Wildman–Crippen LogP) is 1.96. The molecule has 0 amide bonds. The Labute approximate surface area is 99.3 Å². The Bertz CT molecular complexity index is 542. The molecule has 2 aromatic heterocycles. The number of pyridine rings is 1. The summed E-state index contributed by atoms with van der Waals surface area (Å²) in [6.45, 7) is 0. The Morgan fingerprint density at radius 3 is 2.82 bits per heavy atom. The zero-order valence-electron chi connectivity index (χ0n) is 9.47. The van der Waals surface area contributed by atoms with Crippen molar-refractivity contribution in [1.29, 1.82) is 0 Å². The van der Waals surface area contributed by atoms with E-state index >= 15 is 0 Å². The molecule has 2 aromatic rings. The van der Waals surface area contributed by atoms with Crippen molar-refractivity contribution in [2.24, 2.45) is 0 Å². The van der Waals surface area contributed by atoms with Gasteiger partial charge in [-0.25, -0.2) is 9.97 Å². The van der Waals surface area contributed by atoms with Crippen molar-refractivity contribution < 1.29 is 4.79 Å². The van der Waals surface area contributed by atoms with Crippen molar-refractivity contribution in [2.75, 3.05) is 0 Å². The van der Waals surface area contributed by atoms with Gasteiger partial charge in [-0.3, -0.25) is 9.36 Å². The van der Waals surface area contributed by atoms with Gasteiger partial charge in [0.15, 0.2) is 6.29 Å². The maximum Gasteiger partial charge on any atom is 0.151 e. The molecular weight excluding hydrogens is 214 g/mol. The van der Waals surface area contributed by atoms with Crippen LogP contribution in [0.25, 0.3) is 5.82 Å². The monoisotopic (exact) mass is 227 g/mol. The van der Waals surface area contributed by atoms with Gasteiger partial charge < -0.3 is 0 Å². The molecule has 0 saturated heterocycles. The van der Waals surface area contributed by atoms with E-state index in [-0.39, 0.29) is 0 Å². The van der Waals surface area contributed by atoms with Gasteiger partial charge in [-0.2, -0.15) is 0 Å². The first kappa shape index (κ1) is 10.2. The summed E-state index contributed by atoms with van der Waals surface area (Å²) in [7, 11) is 0. The van der Waals surface area contributed by atoms with Crippen LogP contribution in [-0.4, -0.2) is 20.8 Å². The number of carbonyl (C=O) groups is 1. The van der Waals surface area contributed by atoms with Crippen molar-refractivity contribution in [3.63, 3.8) is 0 Å². The molecule has 0 radical (unpaired) electrons. The number of aryl methyl sites for hydroxylation is 1. The summed E-state index contributed by atoms with van der Waals surface area (Å²) < 4.78 is 2.03. The molecule has 17 heavy (non-hydrogen) atoms. The first-order chi connectivity index (χ1) is 8.38. The summed E-state index contributed by atoms with van der Waals surface area (Å²) in [5.41, 5.74) is 3.06. The third kappa shape index (κ3) is 1.75. The second kappa shape index (κ2) is 4.13. The second-order valence-electron chi connectivity index (χ2n) is 4.28. The average Bonchev–Trinajstić information content (AvgIpc) is 2.83. The van der Waals surface area contributed by atoms with Gasteiger partial charge in [-0.15, -0.1) is 0 Å². The number of aromatic nitrogens is 3. The summed E-state index contributed by atoms with van der Waals surface area (Å²) in [6.07, 6.45) is 8.80. The van der Waals surface area contributed by atoms with Crippen molar-refractivity contribution in [3.8, 4) is 5.82 Å². The van der Waals surface area contributed by atoms with E-state index in [1.165, 1.54) is 24.2 Å². The number of imidazole rings is 1. The molecular formula is C13H13N3O. The average molecular weight is 227 g/mol. The third-order valence-electron chi connectivity index (χ3n) is 3.18. The third-order valence-corrected chi connectivity index (χ3v) is 3.18. The van der Waals surface area contributed by atoms with E-state index in [0.29, 0.717) is 5.56 Å². The van der Waals surface area contributed by atoms with Crippen LogP contribution in [0.1, 0.15) is 34.6 Å². The van der Waals surface area contributed by atoms with Crippen LogP contribution >= 0.6 is 0 Å². The predicted molar refractivity (Wildman–Crippen MR) is 63.4 cm³/mol. The van der Waals surface area contributed by atoms with Crippen LogP contribution in [0.5, 0.6) is 0 Å². The van der Waals surface area contributed by atoms with E-state index in [0.717, 1.165) is 24.9 Å². The van der Waals surface area contributed by atoms with Crippen molar-refractivity contribution in [2.45, 2.75) is 25.7 Å². The van der Waals surface area contributed by atoms with Crippen LogP contribution < -0.4 is 0 Å². The van der Waals surface area contributed by atoms with E-state index in [4.69, 9.17) is 0 Å². The molecule has 0 N–H and O–H groups in total. The highest BCUT2D eigenvalue weighted by Crippen LogP contribution is 2.22. The fourth-order valence-corrected chi connectivity index (χ4v) is 2.28. The minimum Gasteiger partial charge on any atom is -0.298 e. The summed E-state index contributed by atoms with van der Waals surface area (Å²) in [6, 6.07) is 3.64. The molecule has 0 atom stereocenters. The standard InChI is InChI=1S/C13H13N3O/c17-8-10-5-6-13(14-7-10)16-9-15-11-3-1-2-4-12(11)16/h5-9H,1-4H2. The first-order valence-corrected chi connectivity index (χ1v) is 5.85. The van der Waals surface area contributed by atoms with Gasteiger partial charge in [0.25, 0.3) is 0 Å². The van der Waals surface area contributed by atoms with Gasteiger partial charge in [0.2, 0.25) is 0 Å². The van der Waals surface area contributed by atoms with E-state index in [1.54, 1.807) is 12.3 Å². The fourth-order valence-electron chi connectivity index (χ4n) is 2.28. The van der Waals surface area contributed by atoms with Crippen LogP contribution in [0.3, 0.4) is 0 Å². The van der Waals surface area contributed by atoms with Gasteiger partial charge in [-0.05, 0) is 37.8 Å². The minimum atomic E-state index is 0.600. The van der Waals surface area contributed by atoms with Crippen LogP contribution in [0.2, 0.25) is 0 Å². The molecule has 4 nitrogen and oxygen atoms in total. The smallest absolute Gasteiger partial charge is 0.151 e. The lowest BCUT2D eigenvalue weighted by molar-refractivity contribution is 0.112. The Hall–Kier alpha value is -1.97. The molecule has 1 aliphatic carbocycles. The maximum atomic E-state index is 10.6. The SMILES string of the molecule is O=Cc1ccc(-n2cnc3c2CCCC3)nc1. The summed E-state index contributed by atoms with van der Waals surface area (Å²) in [5, 5.41) is 0. The van der Waals surface area contributed by atoms with E-state index in [2.05, 4.69) is 9.97 Å². The topological polar surface area (TPSA) is 47.8 Å². The van der Waals surface area contributed by atoms with Gasteiger partial charge in [0, 0.05) is 17.5 Å². The molecule has 86 valence electrons. The zero-order chi connectivity index (χ0) is 11.7. The number of rotatable bonds is 2. The maximum absolute atomic E-state index is 10.6. The highest BCUT2D eigenvalue weighted by Gasteiger charge is 2.16. The lowest BCUT2D eigenvalue weighted by Gasteiger charge is -2.13. The van der Waals surface area contributed by atoms with Crippen molar-refractivity contribution >= 4 is 6.29 Å². The molecule has 2 heterocycles. The number of hydrogen-bond donors (Lipinski definition) is 0. The molecule has 0 aromatic carbocycles. The molecule has 1 aliphatic rings. The Kier molecular flexibility index (Phi) is 2.48. The molecule has 4 heteroatoms. The summed E-state index contributed by atoms with van der Waals surface area (Å²) >= 11 is 0. The molecule has 0 bridgehead atoms. The molecule has 0 unspecified atom stereocenters. The largest absolute Gasteiger partial charge is 0.298 e. The lowest BCUT2D eigenvalue weighted by Crippen LogP contribution is -2.07. The first-order valence-electron chi connectivity index (χ1n) is 5.85. The van der Waals surface area contributed by atoms with E-state index in [9.17, 15) is 4.79 Å². The van der Waals surface area contributed by atoms with Crippen LogP contribution in [-0.2, 0) is 12.8 Å². The molecule has 3 rings (SSSR count). The normalized spacial score (nSPS) is 14.4. The van der Waals surface area contributed by atoms with Gasteiger partial charge in [0.1, 0.15) is 12.1 Å². The quantitative estimate of drug-likeness (QED) is 0.737. The summed E-state index contributed by atoms with van der Waals surface area (Å²) in [5.74, 6) is 0.839. The number of hydrogen-bond acceptors (Lipinski definition) is 3. The molecule has 0 aliphatic heterocycles. The zero-order valence-corrected chi connectivity index (χ0v) is 9.47. The molecule has 0 spiro atoms. The fraction of sp³-hybridized carbons (Fsp3) is 0.308. The van der Waals surface area contributed by atoms with Crippen LogP contribution in [0.4, 0.5) is 0 Å². The Morgan fingerprint density at radius 2 is 2.06 bits per heavy atom. The number of nitrogens with zero attached hydrogens (tertiary/aromatic N) is 3. The highest BCUT2D eigenvalue weighted by molar-refractivity contribution is 5.74. The van der Waals surface area contributed by atoms with Gasteiger partial charge >= 0.3 is 0 Å². The highest BCUT2D eigenvalue weighted by atomic mass is 16.1. The van der Waals surface area contributed by atoms with Crippen molar-refractivity contribution in [1.82, 2.24) is 14.5 Å². The minimum absolute atomic E-state index is 0.600. The number of fused-ring (bicyclic) bond motifs is 1. The van der Waals surface area contributed by atoms with E-state index < -0.39 is 0 Å². The number of aldehydes is 1. The number of carbonyl (C=O) groups excluding carboxylic acids is 1. The molecule has 0 fully saturated rings. The second-order valence-corrected chi connectivity index (χ2v) is 4.28. The Balaban J connectivity index is 2.02. The molecule has 0 saturated carbocycles. The van der Waals surface area contributed by atoms with Crippen molar-refractivity contribution in [3.05, 3.63) is 41.6 Å². The van der Waals surface area contributed by atoms with Crippen LogP contribution in [0, 0.1) is 0 Å². The van der Waals surface area contributed by atoms with Crippen LogP contribution in [0.15, 0.2) is 24.7 Å². The van der Waals surface area contributed by atoms with Gasteiger partial charge in [-0.1, -0.05) is 0 Å². The van der Waals surface area contributed by atoms with Gasteiger partial charge in [0.05, 0.1) is 5.69 Å².